The van der Waals surface area contributed by atoms with E-state index >= 15 is 0 Å². The smallest absolute Gasteiger partial charge is 0.191 e. The standard InChI is InChI=1S/C17H19N3S2/c1-4-15-9-14(11-21-15)16-18-19-17(20(16)3)22-10-13-7-5-6-12(2)8-13/h5-9,11H,4,10H2,1-3H3. The third kappa shape index (κ3) is 3.25. The zero-order valence-corrected chi connectivity index (χ0v) is 14.7. The van der Waals surface area contributed by atoms with E-state index in [2.05, 4.69) is 64.3 Å². The second kappa shape index (κ2) is 6.67. The first-order chi connectivity index (χ1) is 10.7. The maximum Gasteiger partial charge on any atom is 0.191 e. The molecule has 22 heavy (non-hydrogen) atoms. The molecule has 1 aromatic carbocycles. The highest BCUT2D eigenvalue weighted by atomic mass is 32.2. The molecule has 3 aromatic rings. The molecule has 0 bridgehead atoms. The van der Waals surface area contributed by atoms with Gasteiger partial charge in [0.15, 0.2) is 11.0 Å². The van der Waals surface area contributed by atoms with Crippen LogP contribution in [0.1, 0.15) is 22.9 Å². The van der Waals surface area contributed by atoms with Crippen molar-refractivity contribution in [2.75, 3.05) is 0 Å². The predicted molar refractivity (Wildman–Crippen MR) is 94.4 cm³/mol. The lowest BCUT2D eigenvalue weighted by Crippen LogP contribution is -1.94. The van der Waals surface area contributed by atoms with E-state index in [1.807, 2.05) is 7.05 Å². The number of hydrogen-bond acceptors (Lipinski definition) is 4. The number of rotatable bonds is 5. The molecule has 0 saturated heterocycles. The van der Waals surface area contributed by atoms with Gasteiger partial charge >= 0.3 is 0 Å². The molecule has 3 nitrogen and oxygen atoms in total. The Morgan fingerprint density at radius 1 is 1.23 bits per heavy atom. The molecule has 0 fully saturated rings. The molecule has 3 rings (SSSR count). The fourth-order valence-corrected chi connectivity index (χ4v) is 3.99. The monoisotopic (exact) mass is 329 g/mol. The Balaban J connectivity index is 1.76. The normalized spacial score (nSPS) is 11.0. The van der Waals surface area contributed by atoms with Crippen LogP contribution in [0.4, 0.5) is 0 Å². The number of thiophene rings is 1. The van der Waals surface area contributed by atoms with Crippen LogP contribution in [0.3, 0.4) is 0 Å². The lowest BCUT2D eigenvalue weighted by molar-refractivity contribution is 0.794. The lowest BCUT2D eigenvalue weighted by Gasteiger charge is -2.03. The molecule has 0 amide bonds. The van der Waals surface area contributed by atoms with Crippen LogP contribution < -0.4 is 0 Å². The largest absolute Gasteiger partial charge is 0.305 e. The molecule has 0 atom stereocenters. The first kappa shape index (κ1) is 15.3. The first-order valence-electron chi connectivity index (χ1n) is 7.33. The molecule has 0 aliphatic heterocycles. The third-order valence-corrected chi connectivity index (χ3v) is 5.72. The van der Waals surface area contributed by atoms with Crippen molar-refractivity contribution in [3.8, 4) is 11.4 Å². The quantitative estimate of drug-likeness (QED) is 0.635. The average Bonchev–Trinajstić information content (AvgIpc) is 3.12. The summed E-state index contributed by atoms with van der Waals surface area (Å²) in [5.74, 6) is 1.86. The van der Waals surface area contributed by atoms with Crippen molar-refractivity contribution in [2.24, 2.45) is 7.05 Å². The minimum Gasteiger partial charge on any atom is -0.305 e. The van der Waals surface area contributed by atoms with Crippen LogP contribution in [0.5, 0.6) is 0 Å². The van der Waals surface area contributed by atoms with E-state index in [9.17, 15) is 0 Å². The van der Waals surface area contributed by atoms with Crippen LogP contribution in [-0.2, 0) is 19.2 Å². The number of nitrogens with zero attached hydrogens (tertiary/aromatic N) is 3. The Morgan fingerprint density at radius 3 is 2.82 bits per heavy atom. The van der Waals surface area contributed by atoms with Crippen LogP contribution in [0.25, 0.3) is 11.4 Å². The maximum atomic E-state index is 4.36. The molecular weight excluding hydrogens is 310 g/mol. The average molecular weight is 329 g/mol. The van der Waals surface area contributed by atoms with E-state index in [1.165, 1.54) is 21.6 Å². The Morgan fingerprint density at radius 2 is 2.09 bits per heavy atom. The summed E-state index contributed by atoms with van der Waals surface area (Å²) in [6, 6.07) is 10.8. The van der Waals surface area contributed by atoms with Gasteiger partial charge in [-0.25, -0.2) is 0 Å². The summed E-state index contributed by atoms with van der Waals surface area (Å²) in [6.45, 7) is 4.30. The van der Waals surface area contributed by atoms with Crippen molar-refractivity contribution in [3.63, 3.8) is 0 Å². The van der Waals surface area contributed by atoms with E-state index in [-0.39, 0.29) is 0 Å². The van der Waals surface area contributed by atoms with Crippen LogP contribution in [0.2, 0.25) is 0 Å². The minimum atomic E-state index is 0.914. The van der Waals surface area contributed by atoms with Gasteiger partial charge in [-0.3, -0.25) is 0 Å². The van der Waals surface area contributed by atoms with Gasteiger partial charge in [-0.1, -0.05) is 48.5 Å². The van der Waals surface area contributed by atoms with E-state index in [0.717, 1.165) is 23.2 Å². The van der Waals surface area contributed by atoms with Crippen molar-refractivity contribution >= 4 is 23.1 Å². The van der Waals surface area contributed by atoms with Gasteiger partial charge in [0.2, 0.25) is 0 Å². The highest BCUT2D eigenvalue weighted by Gasteiger charge is 2.12. The molecule has 2 aromatic heterocycles. The zero-order valence-electron chi connectivity index (χ0n) is 13.0. The van der Waals surface area contributed by atoms with Crippen LogP contribution in [-0.4, -0.2) is 14.8 Å². The number of hydrogen-bond donors (Lipinski definition) is 0. The molecule has 0 aliphatic carbocycles. The van der Waals surface area contributed by atoms with Gasteiger partial charge < -0.3 is 4.57 Å². The Hall–Kier alpha value is -1.59. The molecule has 114 valence electrons. The maximum absolute atomic E-state index is 4.36. The van der Waals surface area contributed by atoms with Crippen molar-refractivity contribution < 1.29 is 0 Å². The van der Waals surface area contributed by atoms with Gasteiger partial charge in [-0.05, 0) is 25.0 Å². The van der Waals surface area contributed by atoms with E-state index in [1.54, 1.807) is 23.1 Å². The highest BCUT2D eigenvalue weighted by molar-refractivity contribution is 7.98. The summed E-state index contributed by atoms with van der Waals surface area (Å²) in [6.07, 6.45) is 1.07. The molecule has 5 heteroatoms. The number of aryl methyl sites for hydroxylation is 2. The van der Waals surface area contributed by atoms with Gasteiger partial charge in [0.1, 0.15) is 0 Å². The van der Waals surface area contributed by atoms with E-state index in [4.69, 9.17) is 0 Å². The Bertz CT molecular complexity index is 774. The summed E-state index contributed by atoms with van der Waals surface area (Å²) in [7, 11) is 2.04. The van der Waals surface area contributed by atoms with Crippen molar-refractivity contribution in [1.29, 1.82) is 0 Å². The topological polar surface area (TPSA) is 30.7 Å². The Labute approximate surface area is 139 Å². The second-order valence-corrected chi connectivity index (χ2v) is 7.24. The van der Waals surface area contributed by atoms with Gasteiger partial charge in [-0.15, -0.1) is 21.5 Å². The summed E-state index contributed by atoms with van der Waals surface area (Å²) in [5.41, 5.74) is 3.78. The molecule has 0 saturated carbocycles. The van der Waals surface area contributed by atoms with Crippen LogP contribution in [0, 0.1) is 6.92 Å². The molecule has 0 radical (unpaired) electrons. The predicted octanol–water partition coefficient (Wildman–Crippen LogP) is 4.71. The molecule has 0 spiro atoms. The molecule has 0 N–H and O–H groups in total. The van der Waals surface area contributed by atoms with Gasteiger partial charge in [-0.2, -0.15) is 0 Å². The number of benzene rings is 1. The summed E-state index contributed by atoms with van der Waals surface area (Å²) < 4.78 is 2.09. The first-order valence-corrected chi connectivity index (χ1v) is 9.19. The molecule has 2 heterocycles. The number of aromatic nitrogens is 3. The SMILES string of the molecule is CCc1cc(-c2nnc(SCc3cccc(C)c3)n2C)cs1. The van der Waals surface area contributed by atoms with E-state index in [0.29, 0.717) is 0 Å². The van der Waals surface area contributed by atoms with Crippen LogP contribution >= 0.6 is 23.1 Å². The molecular formula is C17H19N3S2. The zero-order chi connectivity index (χ0) is 15.5. The summed E-state index contributed by atoms with van der Waals surface area (Å²) in [4.78, 5) is 1.38. The third-order valence-electron chi connectivity index (χ3n) is 3.55. The van der Waals surface area contributed by atoms with Crippen molar-refractivity contribution in [3.05, 3.63) is 51.7 Å². The van der Waals surface area contributed by atoms with E-state index < -0.39 is 0 Å². The highest BCUT2D eigenvalue weighted by Crippen LogP contribution is 2.28. The fraction of sp³-hybridized carbons (Fsp3) is 0.294. The Kier molecular flexibility index (Phi) is 4.64. The summed E-state index contributed by atoms with van der Waals surface area (Å²) in [5, 5.41) is 11.8. The summed E-state index contributed by atoms with van der Waals surface area (Å²) >= 11 is 3.52. The minimum absolute atomic E-state index is 0.914. The van der Waals surface area contributed by atoms with Crippen molar-refractivity contribution in [1.82, 2.24) is 14.8 Å². The number of thioether (sulfide) groups is 1. The molecule has 0 unspecified atom stereocenters. The van der Waals surface area contributed by atoms with Gasteiger partial charge in [0.25, 0.3) is 0 Å². The van der Waals surface area contributed by atoms with Crippen molar-refractivity contribution in [2.45, 2.75) is 31.2 Å². The van der Waals surface area contributed by atoms with Gasteiger partial charge in [0, 0.05) is 28.6 Å². The fourth-order valence-electron chi connectivity index (χ4n) is 2.33. The second-order valence-electron chi connectivity index (χ2n) is 5.30. The molecule has 0 aliphatic rings. The van der Waals surface area contributed by atoms with Crippen LogP contribution in [0.15, 0.2) is 40.9 Å². The van der Waals surface area contributed by atoms with Gasteiger partial charge in [0.05, 0.1) is 0 Å². The lowest BCUT2D eigenvalue weighted by atomic mass is 10.2.